The molecule has 1 aromatic carbocycles. The van der Waals surface area contributed by atoms with Gasteiger partial charge in [0.25, 0.3) is 0 Å². The van der Waals surface area contributed by atoms with Gasteiger partial charge in [-0.2, -0.15) is 26.3 Å². The van der Waals surface area contributed by atoms with Crippen molar-refractivity contribution >= 4 is 17.5 Å². The summed E-state index contributed by atoms with van der Waals surface area (Å²) in [4.78, 5) is 28.2. The monoisotopic (exact) mass is 558 g/mol. The second-order valence-electron chi connectivity index (χ2n) is 7.65. The Kier molecular flexibility index (Phi) is 1.89. The molecule has 1 heterocycles. The summed E-state index contributed by atoms with van der Waals surface area (Å²) >= 11 is 0. The number of benzene rings is 1. The van der Waals surface area contributed by atoms with E-state index in [0.29, 0.717) is 0 Å². The first-order valence-electron chi connectivity index (χ1n) is 24.6. The molecule has 4 nitrogen and oxygen atoms in total. The highest BCUT2D eigenvalue weighted by atomic mass is 19.4. The molecule has 1 aromatic rings. The molecule has 0 unspecified atom stereocenters. The first kappa shape index (κ1) is 8.24. The van der Waals surface area contributed by atoms with Gasteiger partial charge >= 0.3 is 12.4 Å². The van der Waals surface area contributed by atoms with Crippen molar-refractivity contribution in [2.45, 2.75) is 70.3 Å². The van der Waals surface area contributed by atoms with Crippen molar-refractivity contribution in [3.8, 4) is 0 Å². The lowest BCUT2D eigenvalue weighted by Gasteiger charge is -2.58. The van der Waals surface area contributed by atoms with Gasteiger partial charge in [0, 0.05) is 47.5 Å². The largest absolute Gasteiger partial charge is 0.418 e. The molecular formula is C27H30F6N2O2. The number of alkyl halides is 6. The Hall–Kier alpha value is -2.52. The number of nitrogens with one attached hydrogen (secondary N) is 2. The van der Waals surface area contributed by atoms with E-state index in [4.69, 9.17) is 28.9 Å². The van der Waals surface area contributed by atoms with Gasteiger partial charge in [-0.25, -0.2) is 0 Å². The predicted octanol–water partition coefficient (Wildman–Crippen LogP) is 6.58. The fourth-order valence-electron chi connectivity index (χ4n) is 3.60. The Morgan fingerprint density at radius 2 is 1.95 bits per heavy atom. The Morgan fingerprint density at radius 1 is 1.16 bits per heavy atom. The van der Waals surface area contributed by atoms with Gasteiger partial charge in [-0.05, 0) is 85.5 Å². The van der Waals surface area contributed by atoms with Gasteiger partial charge in [0.1, 0.15) is 0 Å². The van der Waals surface area contributed by atoms with Crippen molar-refractivity contribution < 1.29 is 77.1 Å². The number of fused-ring (bicyclic) bond motifs is 5. The summed E-state index contributed by atoms with van der Waals surface area (Å²) in [5.41, 5.74) is -20.3. The third-order valence-electron chi connectivity index (χ3n) is 5.33. The van der Waals surface area contributed by atoms with Crippen LogP contribution < -0.4 is 10.6 Å². The van der Waals surface area contributed by atoms with Crippen LogP contribution in [0, 0.1) is 34.4 Å². The van der Waals surface area contributed by atoms with Crippen LogP contribution in [0.5, 0.6) is 0 Å². The summed E-state index contributed by atoms with van der Waals surface area (Å²) in [5, 5.41) is -3.10. The van der Waals surface area contributed by atoms with Gasteiger partial charge in [-0.3, -0.25) is 9.59 Å². The van der Waals surface area contributed by atoms with Crippen LogP contribution in [0.2, 0.25) is 2.82 Å². The molecule has 3 aliphatic carbocycles. The minimum atomic E-state index is -6.41. The number of carbonyl (C=O) groups excluding carboxylic acids is 2. The number of hydrogen-bond acceptors (Lipinski definition) is 2. The lowest BCUT2D eigenvalue weighted by atomic mass is 9.48. The van der Waals surface area contributed by atoms with Crippen LogP contribution in [0.15, 0.2) is 30.2 Å². The molecular weight excluding hydrogens is 498 g/mol. The van der Waals surface area contributed by atoms with Crippen LogP contribution >= 0.6 is 0 Å². The molecule has 7 atom stereocenters. The van der Waals surface area contributed by atoms with E-state index in [-0.39, 0.29) is 0 Å². The maximum Gasteiger partial charge on any atom is 0.418 e. The average Bonchev–Trinajstić information content (AvgIpc) is 3.21. The normalized spacial score (nSPS) is 68.7. The van der Waals surface area contributed by atoms with Crippen molar-refractivity contribution in [1.29, 1.82) is 0 Å². The maximum absolute atomic E-state index is 15.0. The Labute approximate surface area is 253 Å². The van der Waals surface area contributed by atoms with Crippen LogP contribution in [-0.4, -0.2) is 17.8 Å². The highest BCUT2D eigenvalue weighted by Gasteiger charge is 2.61. The van der Waals surface area contributed by atoms with Crippen molar-refractivity contribution in [2.75, 3.05) is 5.31 Å². The van der Waals surface area contributed by atoms with E-state index >= 15 is 0 Å². The molecule has 0 aromatic heterocycles. The van der Waals surface area contributed by atoms with Crippen LogP contribution in [0.25, 0.3) is 0 Å². The molecule has 0 bridgehead atoms. The average molecular weight is 559 g/mol. The molecule has 0 spiro atoms. The fraction of sp³-hybridized carbons (Fsp3) is 0.630. The number of anilines is 1. The van der Waals surface area contributed by atoms with E-state index < -0.39 is 174 Å². The first-order chi connectivity index (χ1) is 29.1. The highest BCUT2D eigenvalue weighted by Crippen LogP contribution is 2.65. The fourth-order valence-corrected chi connectivity index (χ4v) is 3.60. The smallest absolute Gasteiger partial charge is 0.349 e. The maximum atomic E-state index is 15.0. The van der Waals surface area contributed by atoms with Crippen LogP contribution in [-0.2, 0) is 21.9 Å². The van der Waals surface area contributed by atoms with Crippen molar-refractivity contribution in [1.82, 2.24) is 5.31 Å². The van der Waals surface area contributed by atoms with E-state index in [0.717, 1.165) is 0 Å². The van der Waals surface area contributed by atoms with Gasteiger partial charge in [0.05, 0.1) is 25.0 Å². The summed E-state index contributed by atoms with van der Waals surface area (Å²) in [7, 11) is 0. The molecule has 4 aliphatic rings. The standard InChI is InChI=1S/C27H30F6N2O2/c1-24-11-9-17-15(4-8-21-25(17,2)12-10-22(36)35-21)16(24)6-7-19(24)23(37)34-20-13-14(26(28,29)30)3-5-18(20)27(31,32)33/h3,5,10,12-13,15-17,19,21H,4,6-9,11H2,1-2H3,(H,34,37)(H,35,36)/t15-,16-,17-,19+,21+,24-,25+/m0/s1/i1D3,2D3,3D,4D2,5D,6D2,7D2,8D2,9D2,10D,11D2,12D,13D,15D,16D,17D,19D,21D/hD2. The van der Waals surface area contributed by atoms with Gasteiger partial charge in [0.15, 0.2) is 2.82 Å². The molecule has 2 N–H and O–H groups in total. The minimum absolute atomic E-state index is 1.26. The molecule has 10 heteroatoms. The van der Waals surface area contributed by atoms with Crippen LogP contribution in [0.1, 0.15) is 101 Å². The molecule has 202 valence electrons. The third kappa shape index (κ3) is 4.24. The summed E-state index contributed by atoms with van der Waals surface area (Å²) in [6.07, 6.45) is -46.2. The number of halogens is 6. The van der Waals surface area contributed by atoms with Crippen molar-refractivity contribution in [3.05, 3.63) is 41.4 Å². The van der Waals surface area contributed by atoms with E-state index in [2.05, 4.69) is 0 Å². The molecule has 5 rings (SSSR count). The molecule has 0 saturated heterocycles. The molecule has 2 amide bonds. The highest BCUT2D eigenvalue weighted by molar-refractivity contribution is 5.94. The number of carbonyl (C=O) groups is 2. The van der Waals surface area contributed by atoms with E-state index in [1.807, 2.05) is 0 Å². The summed E-state index contributed by atoms with van der Waals surface area (Å²) in [6.45, 7) is -10.6. The zero-order valence-electron chi connectivity index (χ0n) is 47.5. The molecule has 0 radical (unpaired) electrons. The van der Waals surface area contributed by atoms with Gasteiger partial charge in [-0.15, -0.1) is 0 Å². The van der Waals surface area contributed by atoms with Crippen LogP contribution in [0.3, 0.4) is 0 Å². The first-order valence-corrected chi connectivity index (χ1v) is 9.69. The van der Waals surface area contributed by atoms with Gasteiger partial charge in [0.2, 0.25) is 11.8 Å². The minimum Gasteiger partial charge on any atom is -0.349 e. The predicted molar refractivity (Wildman–Crippen MR) is 124 cm³/mol. The van der Waals surface area contributed by atoms with E-state index in [9.17, 15) is 48.3 Å². The Bertz CT molecular complexity index is 2440. The second kappa shape index (κ2) is 8.50. The molecule has 1 aliphatic heterocycles. The van der Waals surface area contributed by atoms with E-state index in [1.165, 1.54) is 0 Å². The summed E-state index contributed by atoms with van der Waals surface area (Å²) in [6, 6.07) is -17.9. The molecule has 3 saturated carbocycles. The second-order valence-corrected chi connectivity index (χ2v) is 7.65. The van der Waals surface area contributed by atoms with Crippen molar-refractivity contribution in [2.24, 2.45) is 34.4 Å². The summed E-state index contributed by atoms with van der Waals surface area (Å²) < 4.78 is 353. The molecule has 37 heavy (non-hydrogen) atoms. The number of rotatable bonds is 2. The third-order valence-corrected chi connectivity index (χ3v) is 5.33. The number of amides is 2. The van der Waals surface area contributed by atoms with Crippen molar-refractivity contribution in [3.63, 3.8) is 0 Å². The van der Waals surface area contributed by atoms with Crippen LogP contribution in [0.4, 0.5) is 32.0 Å². The van der Waals surface area contributed by atoms with E-state index in [1.54, 1.807) is 0 Å². The zero-order chi connectivity index (χ0) is 53.4. The zero-order valence-corrected chi connectivity index (χ0v) is 17.5. The molecule has 3 fully saturated rings. The Balaban J connectivity index is 2.23. The number of hydrogen-bond donors (Lipinski definition) is 2. The lowest BCUT2D eigenvalue weighted by Crippen LogP contribution is -2.59. The quantitative estimate of drug-likeness (QED) is 0.403. The van der Waals surface area contributed by atoms with Gasteiger partial charge in [-0.1, -0.05) is 19.8 Å². The lowest BCUT2D eigenvalue weighted by molar-refractivity contribution is -0.141. The topological polar surface area (TPSA) is 58.2 Å². The van der Waals surface area contributed by atoms with Gasteiger partial charge < -0.3 is 10.6 Å². The SMILES string of the molecule is [2H]C1=C([2H])[C@]2(C([2H])([2H])[2H])[C@@]3([2H])C([2H])([2H])C([2H])([2H])[C@@]4(C([2H])([2H])[2H])[C@@]([2H])(C([2H])([2H])C([2H])([2H])[C@]4([2H])C(=O)N([2H])c4c([2H])c(C(F)(F)F)c([2H])c([2H])c4C(F)(F)F)[C@]3([2H])C([2H])([2H])C([2H])([2H])[C@@]2([2H])N([2H])C1=O. The summed E-state index contributed by atoms with van der Waals surface area (Å²) in [5.74, 6) is -29.6. The Morgan fingerprint density at radius 3 is 2.62 bits per heavy atom.